The molecule has 3 aromatic rings. The summed E-state index contributed by atoms with van der Waals surface area (Å²) in [5.41, 5.74) is 6.41. The number of hydrogen-bond acceptors (Lipinski definition) is 4. The van der Waals surface area contributed by atoms with E-state index in [1.54, 1.807) is 24.3 Å². The molecule has 2 aromatic heterocycles. The number of phenols is 1. The minimum atomic E-state index is -0.576. The third-order valence-corrected chi connectivity index (χ3v) is 2.61. The Morgan fingerprint density at radius 3 is 3.00 bits per heavy atom. The largest absolute Gasteiger partial charge is 0.506 e. The molecule has 0 radical (unpaired) electrons. The van der Waals surface area contributed by atoms with Gasteiger partial charge in [0, 0.05) is 5.39 Å². The summed E-state index contributed by atoms with van der Waals surface area (Å²) in [5, 5.41) is 14.5. The van der Waals surface area contributed by atoms with Crippen molar-refractivity contribution in [2.24, 2.45) is 5.73 Å². The lowest BCUT2D eigenvalue weighted by Gasteiger charge is -2.05. The van der Waals surface area contributed by atoms with Gasteiger partial charge in [0.05, 0.1) is 5.56 Å². The Morgan fingerprint density at radius 1 is 1.41 bits per heavy atom. The maximum atomic E-state index is 11.3. The van der Waals surface area contributed by atoms with Crippen LogP contribution in [0.2, 0.25) is 0 Å². The Kier molecular flexibility index (Phi) is 1.79. The first-order valence-electron chi connectivity index (χ1n) is 4.92. The van der Waals surface area contributed by atoms with Crippen LogP contribution in [0.4, 0.5) is 0 Å². The number of rotatable bonds is 1. The SMILES string of the molecule is NC(=O)c1cc2cccc(O)c2n2ncnc12. The second-order valence-corrected chi connectivity index (χ2v) is 3.63. The molecule has 3 N–H and O–H groups in total. The second-order valence-electron chi connectivity index (χ2n) is 3.63. The summed E-state index contributed by atoms with van der Waals surface area (Å²) >= 11 is 0. The van der Waals surface area contributed by atoms with E-state index in [0.717, 1.165) is 0 Å². The number of hydrogen-bond donors (Lipinski definition) is 2. The fourth-order valence-electron chi connectivity index (χ4n) is 1.89. The molecule has 0 atom stereocenters. The number of fused-ring (bicyclic) bond motifs is 3. The van der Waals surface area contributed by atoms with Crippen molar-refractivity contribution >= 4 is 22.5 Å². The number of aromatic hydroxyl groups is 1. The van der Waals surface area contributed by atoms with Crippen molar-refractivity contribution in [1.82, 2.24) is 14.6 Å². The van der Waals surface area contributed by atoms with Gasteiger partial charge in [-0.2, -0.15) is 5.10 Å². The number of benzene rings is 1. The number of amides is 1. The van der Waals surface area contributed by atoms with Crippen LogP contribution >= 0.6 is 0 Å². The Bertz CT molecular complexity index is 748. The first-order chi connectivity index (χ1) is 8.18. The fraction of sp³-hybridized carbons (Fsp3) is 0. The van der Waals surface area contributed by atoms with Crippen LogP contribution in [0.5, 0.6) is 5.75 Å². The average Bonchev–Trinajstić information content (AvgIpc) is 2.76. The number of carbonyl (C=O) groups excluding carboxylic acids is 1. The summed E-state index contributed by atoms with van der Waals surface area (Å²) in [4.78, 5) is 15.3. The Balaban J connectivity index is 2.61. The van der Waals surface area contributed by atoms with E-state index < -0.39 is 5.91 Å². The van der Waals surface area contributed by atoms with Crippen LogP contribution in [0.1, 0.15) is 10.4 Å². The van der Waals surface area contributed by atoms with E-state index in [9.17, 15) is 9.90 Å². The summed E-state index contributed by atoms with van der Waals surface area (Å²) in [5.74, 6) is -0.498. The van der Waals surface area contributed by atoms with E-state index in [1.807, 2.05) is 0 Å². The van der Waals surface area contributed by atoms with E-state index in [4.69, 9.17) is 5.73 Å². The molecule has 0 spiro atoms. The molecule has 0 saturated carbocycles. The van der Waals surface area contributed by atoms with E-state index >= 15 is 0 Å². The standard InChI is InChI=1S/C11H8N4O2/c12-10(17)7-4-6-2-1-3-8(16)9(6)15-11(7)13-5-14-15/h1-5,16H,(H2,12,17). The zero-order valence-electron chi connectivity index (χ0n) is 8.66. The smallest absolute Gasteiger partial charge is 0.252 e. The van der Waals surface area contributed by atoms with Crippen molar-refractivity contribution in [1.29, 1.82) is 0 Å². The van der Waals surface area contributed by atoms with Gasteiger partial charge < -0.3 is 10.8 Å². The fourth-order valence-corrected chi connectivity index (χ4v) is 1.89. The van der Waals surface area contributed by atoms with Crippen molar-refractivity contribution in [2.45, 2.75) is 0 Å². The van der Waals surface area contributed by atoms with Crippen molar-refractivity contribution in [3.05, 3.63) is 36.2 Å². The maximum absolute atomic E-state index is 11.3. The summed E-state index contributed by atoms with van der Waals surface area (Å²) in [6.07, 6.45) is 1.31. The first-order valence-corrected chi connectivity index (χ1v) is 4.92. The molecule has 2 heterocycles. The highest BCUT2D eigenvalue weighted by molar-refractivity contribution is 6.03. The summed E-state index contributed by atoms with van der Waals surface area (Å²) in [7, 11) is 0. The molecule has 1 aromatic carbocycles. The van der Waals surface area contributed by atoms with E-state index in [2.05, 4.69) is 10.1 Å². The molecule has 0 fully saturated rings. The van der Waals surface area contributed by atoms with Gasteiger partial charge in [0.25, 0.3) is 5.91 Å². The number of pyridine rings is 1. The van der Waals surface area contributed by atoms with Crippen molar-refractivity contribution < 1.29 is 9.90 Å². The number of nitrogens with zero attached hydrogens (tertiary/aromatic N) is 3. The molecule has 1 amide bonds. The lowest BCUT2D eigenvalue weighted by molar-refractivity contribution is 0.100. The minimum absolute atomic E-state index is 0.0778. The van der Waals surface area contributed by atoms with E-state index in [1.165, 1.54) is 10.8 Å². The van der Waals surface area contributed by atoms with Gasteiger partial charge in [-0.1, -0.05) is 12.1 Å². The summed E-state index contributed by atoms with van der Waals surface area (Å²) < 4.78 is 1.41. The van der Waals surface area contributed by atoms with Crippen molar-refractivity contribution in [2.75, 3.05) is 0 Å². The molecular formula is C11H8N4O2. The zero-order chi connectivity index (χ0) is 12.0. The maximum Gasteiger partial charge on any atom is 0.252 e. The number of para-hydroxylation sites is 1. The van der Waals surface area contributed by atoms with Crippen molar-refractivity contribution in [3.63, 3.8) is 0 Å². The molecule has 0 saturated heterocycles. The molecule has 0 unspecified atom stereocenters. The number of primary amides is 1. The second kappa shape index (κ2) is 3.18. The highest BCUT2D eigenvalue weighted by atomic mass is 16.3. The van der Waals surface area contributed by atoms with Gasteiger partial charge >= 0.3 is 0 Å². The van der Waals surface area contributed by atoms with Gasteiger partial charge in [0.2, 0.25) is 0 Å². The number of aromatic nitrogens is 3. The zero-order valence-corrected chi connectivity index (χ0v) is 8.66. The summed E-state index contributed by atoms with van der Waals surface area (Å²) in [6, 6.07) is 6.60. The van der Waals surface area contributed by atoms with Crippen LogP contribution in [0, 0.1) is 0 Å². The van der Waals surface area contributed by atoms with Crippen LogP contribution in [0.25, 0.3) is 16.6 Å². The van der Waals surface area contributed by atoms with Gasteiger partial charge in [-0.3, -0.25) is 4.79 Å². The lowest BCUT2D eigenvalue weighted by atomic mass is 10.1. The molecule has 0 aliphatic carbocycles. The van der Waals surface area contributed by atoms with Crippen LogP contribution < -0.4 is 5.73 Å². The molecule has 0 bridgehead atoms. The Hall–Kier alpha value is -2.63. The number of carbonyl (C=O) groups is 1. The van der Waals surface area contributed by atoms with E-state index in [-0.39, 0.29) is 11.3 Å². The van der Waals surface area contributed by atoms with Gasteiger partial charge in [-0.05, 0) is 12.1 Å². The van der Waals surface area contributed by atoms with Crippen LogP contribution in [0.15, 0.2) is 30.6 Å². The molecule has 17 heavy (non-hydrogen) atoms. The van der Waals surface area contributed by atoms with Crippen LogP contribution in [-0.4, -0.2) is 25.6 Å². The minimum Gasteiger partial charge on any atom is -0.506 e. The monoisotopic (exact) mass is 228 g/mol. The predicted octanol–water partition coefficient (Wildman–Crippen LogP) is 0.687. The van der Waals surface area contributed by atoms with Crippen molar-refractivity contribution in [3.8, 4) is 5.75 Å². The highest BCUT2D eigenvalue weighted by Crippen LogP contribution is 2.26. The third kappa shape index (κ3) is 1.24. The molecule has 6 nitrogen and oxygen atoms in total. The van der Waals surface area contributed by atoms with Gasteiger partial charge in [0.1, 0.15) is 17.6 Å². The van der Waals surface area contributed by atoms with Crippen LogP contribution in [-0.2, 0) is 0 Å². The molecule has 6 heteroatoms. The predicted molar refractivity (Wildman–Crippen MR) is 60.7 cm³/mol. The molecular weight excluding hydrogens is 220 g/mol. The lowest BCUT2D eigenvalue weighted by Crippen LogP contribution is -2.13. The van der Waals surface area contributed by atoms with Gasteiger partial charge in [0.15, 0.2) is 5.65 Å². The Morgan fingerprint density at radius 2 is 2.24 bits per heavy atom. The van der Waals surface area contributed by atoms with Gasteiger partial charge in [-0.15, -0.1) is 0 Å². The average molecular weight is 228 g/mol. The van der Waals surface area contributed by atoms with E-state index in [0.29, 0.717) is 16.6 Å². The third-order valence-electron chi connectivity index (χ3n) is 2.61. The summed E-state index contributed by atoms with van der Waals surface area (Å²) in [6.45, 7) is 0. The normalized spacial score (nSPS) is 11.1. The molecule has 0 aliphatic rings. The quantitative estimate of drug-likeness (QED) is 0.640. The topological polar surface area (TPSA) is 93.5 Å². The molecule has 3 rings (SSSR count). The number of nitrogens with two attached hydrogens (primary N) is 1. The van der Waals surface area contributed by atoms with Crippen LogP contribution in [0.3, 0.4) is 0 Å². The molecule has 0 aliphatic heterocycles. The highest BCUT2D eigenvalue weighted by Gasteiger charge is 2.14. The number of phenolic OH excluding ortho intramolecular Hbond substituents is 1. The molecule has 84 valence electrons. The first kappa shape index (κ1) is 9.59. The Labute approximate surface area is 95.3 Å². The van der Waals surface area contributed by atoms with Gasteiger partial charge in [-0.25, -0.2) is 9.50 Å².